The van der Waals surface area contributed by atoms with Crippen molar-refractivity contribution in [3.8, 4) is 0 Å². The fourth-order valence-electron chi connectivity index (χ4n) is 6.19. The average Bonchev–Trinajstić information content (AvgIpc) is 3.09. The summed E-state index contributed by atoms with van der Waals surface area (Å²) in [4.78, 5) is 23.8. The summed E-state index contributed by atoms with van der Waals surface area (Å²) in [5.41, 5.74) is 0. The number of rotatable bonds is 39. The van der Waals surface area contributed by atoms with Gasteiger partial charge in [0.2, 0.25) is 0 Å². The standard InChI is InChI=1S/C44H82O4/c1-3-5-7-9-11-13-15-17-19-21-23-24-26-28-30-32-34-36-38-40-43(45)48-42-44(46)47-41-39-37-35-33-31-29-27-25-22-20-18-16-14-12-10-8-6-4-2/h17-20H,3-16,21-42H2,1-2H3. The third-order valence-corrected chi connectivity index (χ3v) is 9.41. The monoisotopic (exact) mass is 675 g/mol. The van der Waals surface area contributed by atoms with E-state index in [0.717, 1.165) is 25.7 Å². The first-order valence-corrected chi connectivity index (χ1v) is 21.3. The van der Waals surface area contributed by atoms with E-state index in [0.29, 0.717) is 13.0 Å². The Morgan fingerprint density at radius 2 is 0.667 bits per heavy atom. The van der Waals surface area contributed by atoms with E-state index < -0.39 is 5.97 Å². The topological polar surface area (TPSA) is 52.6 Å². The summed E-state index contributed by atoms with van der Waals surface area (Å²) >= 11 is 0. The molecule has 282 valence electrons. The molecule has 0 radical (unpaired) electrons. The number of hydrogen-bond acceptors (Lipinski definition) is 4. The molecule has 0 aliphatic heterocycles. The van der Waals surface area contributed by atoms with E-state index in [-0.39, 0.29) is 12.6 Å². The number of allylic oxidation sites excluding steroid dienone is 4. The van der Waals surface area contributed by atoms with Crippen LogP contribution in [0.3, 0.4) is 0 Å². The van der Waals surface area contributed by atoms with Gasteiger partial charge in [-0.05, 0) is 64.2 Å². The zero-order chi connectivity index (χ0) is 34.9. The lowest BCUT2D eigenvalue weighted by atomic mass is 10.1. The van der Waals surface area contributed by atoms with E-state index in [1.807, 2.05) is 0 Å². The van der Waals surface area contributed by atoms with Crippen molar-refractivity contribution in [1.82, 2.24) is 0 Å². The van der Waals surface area contributed by atoms with Crippen molar-refractivity contribution in [2.75, 3.05) is 13.2 Å². The third kappa shape index (κ3) is 40.6. The van der Waals surface area contributed by atoms with Crippen molar-refractivity contribution >= 4 is 11.9 Å². The lowest BCUT2D eigenvalue weighted by Crippen LogP contribution is -2.16. The number of carbonyl (C=O) groups excluding carboxylic acids is 2. The highest BCUT2D eigenvalue weighted by molar-refractivity contribution is 5.76. The fourth-order valence-corrected chi connectivity index (χ4v) is 6.19. The summed E-state index contributed by atoms with van der Waals surface area (Å²) in [5, 5.41) is 0. The molecule has 0 amide bonds. The summed E-state index contributed by atoms with van der Waals surface area (Å²) in [6.07, 6.45) is 52.1. The second kappa shape index (κ2) is 41.6. The Labute approximate surface area is 300 Å². The van der Waals surface area contributed by atoms with Crippen molar-refractivity contribution in [2.45, 2.75) is 232 Å². The number of unbranched alkanes of at least 4 members (excludes halogenated alkanes) is 29. The van der Waals surface area contributed by atoms with Crippen LogP contribution in [-0.2, 0) is 19.1 Å². The largest absolute Gasteiger partial charge is 0.463 e. The van der Waals surface area contributed by atoms with Crippen LogP contribution in [0.15, 0.2) is 24.3 Å². The Hall–Kier alpha value is -1.58. The van der Waals surface area contributed by atoms with Gasteiger partial charge in [0.25, 0.3) is 0 Å². The first kappa shape index (κ1) is 46.4. The molecule has 0 aromatic carbocycles. The molecule has 48 heavy (non-hydrogen) atoms. The van der Waals surface area contributed by atoms with Gasteiger partial charge in [-0.1, -0.05) is 186 Å². The molecule has 0 saturated carbocycles. The smallest absolute Gasteiger partial charge is 0.344 e. The van der Waals surface area contributed by atoms with Crippen molar-refractivity contribution in [3.63, 3.8) is 0 Å². The molecule has 0 aromatic heterocycles. The molecule has 0 unspecified atom stereocenters. The molecule has 0 bridgehead atoms. The molecular weight excluding hydrogens is 592 g/mol. The van der Waals surface area contributed by atoms with Gasteiger partial charge < -0.3 is 9.47 Å². The maximum Gasteiger partial charge on any atom is 0.344 e. The average molecular weight is 675 g/mol. The number of ether oxygens (including phenoxy) is 2. The van der Waals surface area contributed by atoms with Crippen LogP contribution in [-0.4, -0.2) is 25.2 Å². The Morgan fingerprint density at radius 1 is 0.354 bits per heavy atom. The van der Waals surface area contributed by atoms with Crippen LogP contribution in [0.1, 0.15) is 232 Å². The molecule has 0 aromatic rings. The van der Waals surface area contributed by atoms with E-state index in [4.69, 9.17) is 9.47 Å². The fraction of sp³-hybridized carbons (Fsp3) is 0.864. The molecule has 4 heteroatoms. The minimum Gasteiger partial charge on any atom is -0.463 e. The second-order valence-corrected chi connectivity index (χ2v) is 14.3. The van der Waals surface area contributed by atoms with Crippen molar-refractivity contribution < 1.29 is 19.1 Å². The molecule has 0 spiro atoms. The molecule has 0 atom stereocenters. The Balaban J connectivity index is 3.31. The third-order valence-electron chi connectivity index (χ3n) is 9.41. The van der Waals surface area contributed by atoms with Gasteiger partial charge >= 0.3 is 11.9 Å². The first-order valence-electron chi connectivity index (χ1n) is 21.3. The van der Waals surface area contributed by atoms with E-state index >= 15 is 0 Å². The number of hydrogen-bond donors (Lipinski definition) is 0. The molecule has 0 rings (SSSR count). The molecule has 0 heterocycles. The van der Waals surface area contributed by atoms with Crippen molar-refractivity contribution in [3.05, 3.63) is 24.3 Å². The van der Waals surface area contributed by atoms with Crippen LogP contribution in [0, 0.1) is 0 Å². The first-order chi connectivity index (χ1) is 23.7. The van der Waals surface area contributed by atoms with Crippen LogP contribution < -0.4 is 0 Å². The normalized spacial score (nSPS) is 11.6. The van der Waals surface area contributed by atoms with Crippen molar-refractivity contribution in [2.24, 2.45) is 0 Å². The summed E-state index contributed by atoms with van der Waals surface area (Å²) in [7, 11) is 0. The minimum atomic E-state index is -0.423. The quantitative estimate of drug-likeness (QED) is 0.0370. The van der Waals surface area contributed by atoms with Gasteiger partial charge in [0.1, 0.15) is 0 Å². The van der Waals surface area contributed by atoms with E-state index in [9.17, 15) is 9.59 Å². The molecule has 0 saturated heterocycles. The summed E-state index contributed by atoms with van der Waals surface area (Å²) in [6.45, 7) is 4.73. The maximum atomic E-state index is 11.9. The molecular formula is C44H82O4. The predicted octanol–water partition coefficient (Wildman–Crippen LogP) is 14.5. The van der Waals surface area contributed by atoms with Gasteiger partial charge in [-0.3, -0.25) is 4.79 Å². The highest BCUT2D eigenvalue weighted by Gasteiger charge is 2.08. The van der Waals surface area contributed by atoms with Crippen molar-refractivity contribution in [1.29, 1.82) is 0 Å². The minimum absolute atomic E-state index is 0.248. The van der Waals surface area contributed by atoms with Crippen LogP contribution in [0.4, 0.5) is 0 Å². The van der Waals surface area contributed by atoms with Gasteiger partial charge in [0.05, 0.1) is 6.61 Å². The highest BCUT2D eigenvalue weighted by Crippen LogP contribution is 2.14. The van der Waals surface area contributed by atoms with Gasteiger partial charge in [-0.2, -0.15) is 0 Å². The van der Waals surface area contributed by atoms with Crippen LogP contribution >= 0.6 is 0 Å². The summed E-state index contributed by atoms with van der Waals surface area (Å²) in [6, 6.07) is 0. The second-order valence-electron chi connectivity index (χ2n) is 14.3. The van der Waals surface area contributed by atoms with Gasteiger partial charge in [-0.25, -0.2) is 4.79 Å². The lowest BCUT2D eigenvalue weighted by molar-refractivity contribution is -0.158. The maximum absolute atomic E-state index is 11.9. The lowest BCUT2D eigenvalue weighted by Gasteiger charge is -2.07. The molecule has 0 fully saturated rings. The van der Waals surface area contributed by atoms with Crippen LogP contribution in [0.5, 0.6) is 0 Å². The summed E-state index contributed by atoms with van der Waals surface area (Å²) < 4.78 is 10.3. The molecule has 0 aliphatic carbocycles. The van der Waals surface area contributed by atoms with E-state index in [1.165, 1.54) is 186 Å². The molecule has 0 aliphatic rings. The predicted molar refractivity (Wildman–Crippen MR) is 209 cm³/mol. The number of esters is 2. The van der Waals surface area contributed by atoms with Gasteiger partial charge in [0, 0.05) is 6.42 Å². The highest BCUT2D eigenvalue weighted by atomic mass is 16.6. The van der Waals surface area contributed by atoms with Gasteiger partial charge in [-0.15, -0.1) is 0 Å². The van der Waals surface area contributed by atoms with E-state index in [2.05, 4.69) is 38.2 Å². The Kier molecular flexibility index (Phi) is 40.2. The Bertz CT molecular complexity index is 653. The molecule has 4 nitrogen and oxygen atoms in total. The zero-order valence-corrected chi connectivity index (χ0v) is 32.4. The van der Waals surface area contributed by atoms with Crippen LogP contribution in [0.25, 0.3) is 0 Å². The number of carbonyl (C=O) groups is 2. The Morgan fingerprint density at radius 3 is 1.04 bits per heavy atom. The SMILES string of the molecule is CCCCCCCCC=CCCCCCCCCCCCC(=O)OCC(=O)OCCCCCCCCCCC=CCCCCCCCC. The summed E-state index contributed by atoms with van der Waals surface area (Å²) in [5.74, 6) is -0.703. The van der Waals surface area contributed by atoms with Crippen LogP contribution in [0.2, 0.25) is 0 Å². The molecule has 0 N–H and O–H groups in total. The van der Waals surface area contributed by atoms with E-state index in [1.54, 1.807) is 0 Å². The zero-order valence-electron chi connectivity index (χ0n) is 32.4. The van der Waals surface area contributed by atoms with Gasteiger partial charge in [0.15, 0.2) is 6.61 Å².